The van der Waals surface area contributed by atoms with E-state index < -0.39 is 0 Å². The lowest BCUT2D eigenvalue weighted by molar-refractivity contribution is 0.216. The second kappa shape index (κ2) is 5.87. The Labute approximate surface area is 124 Å². The molecule has 0 aliphatic carbocycles. The smallest absolute Gasteiger partial charge is 0.317 e. The second-order valence-electron chi connectivity index (χ2n) is 5.16. The van der Waals surface area contributed by atoms with Gasteiger partial charge in [0.25, 0.3) is 0 Å². The van der Waals surface area contributed by atoms with Crippen molar-refractivity contribution < 1.29 is 9.53 Å². The highest BCUT2D eigenvalue weighted by atomic mass is 16.5. The Bertz CT molecular complexity index is 610. The van der Waals surface area contributed by atoms with E-state index in [2.05, 4.69) is 5.32 Å². The molecule has 1 aliphatic heterocycles. The van der Waals surface area contributed by atoms with Crippen LogP contribution in [0.15, 0.2) is 54.6 Å². The van der Waals surface area contributed by atoms with Crippen LogP contribution in [0, 0.1) is 0 Å². The molecule has 1 atom stereocenters. The maximum Gasteiger partial charge on any atom is 0.317 e. The van der Waals surface area contributed by atoms with Crippen molar-refractivity contribution in [2.24, 2.45) is 0 Å². The molecular weight excluding hydrogens is 264 g/mol. The molecule has 1 heterocycles. The largest absolute Gasteiger partial charge is 0.489 e. The standard InChI is InChI=1S/C17H18N2O2/c1-19-16(11-18-17(19)20)14-7-9-15(10-8-14)21-12-13-5-3-2-4-6-13/h2-10,16H,11-12H2,1H3,(H,18,20). The average molecular weight is 282 g/mol. The number of nitrogens with one attached hydrogen (secondary N) is 1. The summed E-state index contributed by atoms with van der Waals surface area (Å²) in [5, 5.41) is 2.83. The van der Waals surface area contributed by atoms with Crippen LogP contribution in [0.2, 0.25) is 0 Å². The molecule has 1 aliphatic rings. The monoisotopic (exact) mass is 282 g/mol. The number of rotatable bonds is 4. The fourth-order valence-electron chi connectivity index (χ4n) is 2.46. The minimum absolute atomic E-state index is 0.0237. The summed E-state index contributed by atoms with van der Waals surface area (Å²) in [7, 11) is 1.81. The van der Waals surface area contributed by atoms with Gasteiger partial charge in [0.2, 0.25) is 0 Å². The van der Waals surface area contributed by atoms with Crippen LogP contribution in [0.4, 0.5) is 4.79 Å². The first-order valence-electron chi connectivity index (χ1n) is 7.01. The van der Waals surface area contributed by atoms with E-state index in [9.17, 15) is 4.79 Å². The zero-order valence-electron chi connectivity index (χ0n) is 12.0. The highest BCUT2D eigenvalue weighted by molar-refractivity contribution is 5.76. The van der Waals surface area contributed by atoms with Crippen LogP contribution < -0.4 is 10.1 Å². The SMILES string of the molecule is CN1C(=O)NCC1c1ccc(OCc2ccccc2)cc1. The van der Waals surface area contributed by atoms with Crippen molar-refractivity contribution in [3.05, 3.63) is 65.7 Å². The van der Waals surface area contributed by atoms with Gasteiger partial charge in [0.1, 0.15) is 12.4 Å². The number of carbonyl (C=O) groups excluding carboxylic acids is 1. The Morgan fingerprint density at radius 1 is 1.14 bits per heavy atom. The zero-order chi connectivity index (χ0) is 14.7. The van der Waals surface area contributed by atoms with Gasteiger partial charge in [-0.25, -0.2) is 4.79 Å². The molecule has 3 rings (SSSR count). The molecule has 1 saturated heterocycles. The van der Waals surface area contributed by atoms with E-state index in [1.165, 1.54) is 0 Å². The normalized spacial score (nSPS) is 17.7. The predicted octanol–water partition coefficient (Wildman–Crippen LogP) is 2.96. The minimum Gasteiger partial charge on any atom is -0.489 e. The van der Waals surface area contributed by atoms with Gasteiger partial charge in [0.15, 0.2) is 0 Å². The van der Waals surface area contributed by atoms with Crippen LogP contribution in [0.25, 0.3) is 0 Å². The quantitative estimate of drug-likeness (QED) is 0.936. The maximum absolute atomic E-state index is 11.5. The van der Waals surface area contributed by atoms with Crippen molar-refractivity contribution in [3.8, 4) is 5.75 Å². The van der Waals surface area contributed by atoms with Gasteiger partial charge < -0.3 is 15.0 Å². The van der Waals surface area contributed by atoms with Crippen molar-refractivity contribution in [2.75, 3.05) is 13.6 Å². The van der Waals surface area contributed by atoms with E-state index >= 15 is 0 Å². The van der Waals surface area contributed by atoms with Crippen LogP contribution in [0.5, 0.6) is 5.75 Å². The average Bonchev–Trinajstić information content (AvgIpc) is 2.87. The first-order valence-corrected chi connectivity index (χ1v) is 7.01. The molecule has 0 bridgehead atoms. The number of nitrogens with zero attached hydrogens (tertiary/aromatic N) is 1. The van der Waals surface area contributed by atoms with Crippen LogP contribution in [0.1, 0.15) is 17.2 Å². The van der Waals surface area contributed by atoms with Gasteiger partial charge in [-0.2, -0.15) is 0 Å². The second-order valence-corrected chi connectivity index (χ2v) is 5.16. The summed E-state index contributed by atoms with van der Waals surface area (Å²) in [6, 6.07) is 18.1. The summed E-state index contributed by atoms with van der Waals surface area (Å²) >= 11 is 0. The molecule has 1 fully saturated rings. The number of hydrogen-bond acceptors (Lipinski definition) is 2. The molecule has 4 nitrogen and oxygen atoms in total. The summed E-state index contributed by atoms with van der Waals surface area (Å²) in [6.07, 6.45) is 0. The minimum atomic E-state index is -0.0237. The van der Waals surface area contributed by atoms with Gasteiger partial charge in [-0.3, -0.25) is 0 Å². The molecule has 0 saturated carbocycles. The number of urea groups is 1. The van der Waals surface area contributed by atoms with E-state index in [1.54, 1.807) is 4.90 Å². The third-order valence-corrected chi connectivity index (χ3v) is 3.75. The molecule has 2 aromatic carbocycles. The maximum atomic E-state index is 11.5. The van der Waals surface area contributed by atoms with E-state index in [0.29, 0.717) is 13.2 Å². The van der Waals surface area contributed by atoms with Gasteiger partial charge in [0, 0.05) is 13.6 Å². The molecule has 1 N–H and O–H groups in total. The molecule has 4 heteroatoms. The lowest BCUT2D eigenvalue weighted by Gasteiger charge is -2.18. The number of likely N-dealkylation sites (N-methyl/N-ethyl adjacent to an activating group) is 1. The Balaban J connectivity index is 1.63. The van der Waals surface area contributed by atoms with E-state index in [-0.39, 0.29) is 12.1 Å². The van der Waals surface area contributed by atoms with Crippen LogP contribution in [-0.4, -0.2) is 24.5 Å². The highest BCUT2D eigenvalue weighted by Crippen LogP contribution is 2.25. The highest BCUT2D eigenvalue weighted by Gasteiger charge is 2.28. The van der Waals surface area contributed by atoms with Gasteiger partial charge in [-0.15, -0.1) is 0 Å². The van der Waals surface area contributed by atoms with Gasteiger partial charge in [0.05, 0.1) is 6.04 Å². The lowest BCUT2D eigenvalue weighted by Crippen LogP contribution is -2.25. The van der Waals surface area contributed by atoms with E-state index in [0.717, 1.165) is 16.9 Å². The van der Waals surface area contributed by atoms with Crippen molar-refractivity contribution in [1.29, 1.82) is 0 Å². The number of ether oxygens (including phenoxy) is 1. The first kappa shape index (κ1) is 13.5. The Morgan fingerprint density at radius 2 is 1.86 bits per heavy atom. The zero-order valence-corrected chi connectivity index (χ0v) is 12.0. The van der Waals surface area contributed by atoms with Gasteiger partial charge in [-0.05, 0) is 23.3 Å². The Kier molecular flexibility index (Phi) is 3.77. The molecule has 0 spiro atoms. The molecule has 0 aromatic heterocycles. The topological polar surface area (TPSA) is 41.6 Å². The molecule has 1 unspecified atom stereocenters. The number of benzene rings is 2. The fourth-order valence-corrected chi connectivity index (χ4v) is 2.46. The number of carbonyl (C=O) groups is 1. The lowest BCUT2D eigenvalue weighted by atomic mass is 10.1. The summed E-state index contributed by atoms with van der Waals surface area (Å²) in [4.78, 5) is 13.2. The van der Waals surface area contributed by atoms with E-state index in [1.807, 2.05) is 61.6 Å². The first-order chi connectivity index (χ1) is 10.2. The van der Waals surface area contributed by atoms with Gasteiger partial charge in [-0.1, -0.05) is 42.5 Å². The Hall–Kier alpha value is -2.49. The van der Waals surface area contributed by atoms with Crippen molar-refractivity contribution in [3.63, 3.8) is 0 Å². The van der Waals surface area contributed by atoms with E-state index in [4.69, 9.17) is 4.74 Å². The molecule has 2 aromatic rings. The van der Waals surface area contributed by atoms with Crippen LogP contribution in [0.3, 0.4) is 0 Å². The molecular formula is C17H18N2O2. The fraction of sp³-hybridized carbons (Fsp3) is 0.235. The summed E-state index contributed by atoms with van der Waals surface area (Å²) in [6.45, 7) is 1.21. The molecule has 21 heavy (non-hydrogen) atoms. The number of hydrogen-bond donors (Lipinski definition) is 1. The summed E-state index contributed by atoms with van der Waals surface area (Å²) in [5.41, 5.74) is 2.26. The van der Waals surface area contributed by atoms with Crippen molar-refractivity contribution in [1.82, 2.24) is 10.2 Å². The van der Waals surface area contributed by atoms with Crippen molar-refractivity contribution in [2.45, 2.75) is 12.6 Å². The van der Waals surface area contributed by atoms with Crippen LogP contribution in [-0.2, 0) is 6.61 Å². The molecule has 108 valence electrons. The number of amides is 2. The van der Waals surface area contributed by atoms with Crippen LogP contribution >= 0.6 is 0 Å². The predicted molar refractivity (Wildman–Crippen MR) is 81.1 cm³/mol. The van der Waals surface area contributed by atoms with Gasteiger partial charge >= 0.3 is 6.03 Å². The summed E-state index contributed by atoms with van der Waals surface area (Å²) < 4.78 is 5.76. The molecule has 2 amide bonds. The third kappa shape index (κ3) is 2.99. The summed E-state index contributed by atoms with van der Waals surface area (Å²) in [5.74, 6) is 0.836. The van der Waals surface area contributed by atoms with Crippen molar-refractivity contribution >= 4 is 6.03 Å². The Morgan fingerprint density at radius 3 is 2.48 bits per heavy atom. The molecule has 0 radical (unpaired) electrons. The third-order valence-electron chi connectivity index (χ3n) is 3.75.